The number of hydrogen-bond acceptors (Lipinski definition) is 7. The number of ketones is 5. The standard InChI is InChI=1S/C36H42O7/c1-7-8-9-10-21-11-13-22(14-12-21)23-15-16-25(38)27-24(23)17-34(5)18-35(6)28(19(2)3)30(39)26(20(4)37)32(41)36(35,43)33(42)29(34)31(27)40/h11-16,19,26,28-29,38,43H,7-10,17-18H2,1-6H3/t26?,28?,29?,34-,35-,36+/m1/s1. The molecule has 5 rings (SSSR count). The highest BCUT2D eigenvalue weighted by atomic mass is 16.3. The van der Waals surface area contributed by atoms with E-state index in [-0.39, 0.29) is 30.1 Å². The van der Waals surface area contributed by atoms with E-state index in [4.69, 9.17) is 0 Å². The minimum Gasteiger partial charge on any atom is -0.507 e. The van der Waals surface area contributed by atoms with Gasteiger partial charge < -0.3 is 10.2 Å². The maximum atomic E-state index is 14.4. The summed E-state index contributed by atoms with van der Waals surface area (Å²) in [5.41, 5.74) is -1.77. The first-order valence-corrected chi connectivity index (χ1v) is 15.5. The van der Waals surface area contributed by atoms with Crippen LogP contribution in [0, 0.1) is 34.5 Å². The lowest BCUT2D eigenvalue weighted by Crippen LogP contribution is -2.76. The molecule has 6 atom stereocenters. The minimum absolute atomic E-state index is 0.0235. The summed E-state index contributed by atoms with van der Waals surface area (Å²) in [6.07, 6.45) is 4.64. The summed E-state index contributed by atoms with van der Waals surface area (Å²) in [5, 5.41) is 23.1. The van der Waals surface area contributed by atoms with Gasteiger partial charge in [-0.1, -0.05) is 77.8 Å². The Balaban J connectivity index is 1.64. The Kier molecular flexibility index (Phi) is 7.65. The Bertz CT molecular complexity index is 1540. The molecule has 0 aliphatic heterocycles. The largest absolute Gasteiger partial charge is 0.507 e. The van der Waals surface area contributed by atoms with E-state index in [1.165, 1.54) is 11.6 Å². The van der Waals surface area contributed by atoms with Gasteiger partial charge in [0, 0.05) is 11.3 Å². The van der Waals surface area contributed by atoms with E-state index < -0.39 is 63.1 Å². The maximum absolute atomic E-state index is 14.4. The Morgan fingerprint density at radius 3 is 2.21 bits per heavy atom. The number of Topliss-reactive ketones (excluding diaryl/α,β-unsaturated/α-hetero) is 5. The van der Waals surface area contributed by atoms with Gasteiger partial charge in [0.1, 0.15) is 17.5 Å². The third-order valence-electron chi connectivity index (χ3n) is 10.6. The highest BCUT2D eigenvalue weighted by molar-refractivity contribution is 6.32. The third kappa shape index (κ3) is 4.37. The fraction of sp³-hybridized carbons (Fsp3) is 0.528. The number of phenolic OH excluding ortho intramolecular Hbond substituents is 1. The van der Waals surface area contributed by atoms with E-state index in [2.05, 4.69) is 19.1 Å². The van der Waals surface area contributed by atoms with Crippen molar-refractivity contribution < 1.29 is 34.2 Å². The van der Waals surface area contributed by atoms with Crippen LogP contribution in [0.25, 0.3) is 11.1 Å². The minimum atomic E-state index is -2.69. The van der Waals surface area contributed by atoms with Crippen LogP contribution in [0.2, 0.25) is 0 Å². The van der Waals surface area contributed by atoms with Crippen LogP contribution in [0.3, 0.4) is 0 Å². The van der Waals surface area contributed by atoms with Crippen LogP contribution in [0.5, 0.6) is 5.75 Å². The maximum Gasteiger partial charge on any atom is 0.190 e. The van der Waals surface area contributed by atoms with Gasteiger partial charge in [-0.2, -0.15) is 0 Å². The summed E-state index contributed by atoms with van der Waals surface area (Å²) < 4.78 is 0. The van der Waals surface area contributed by atoms with E-state index in [1.54, 1.807) is 33.8 Å². The van der Waals surface area contributed by atoms with Crippen molar-refractivity contribution in [3.05, 3.63) is 53.1 Å². The molecule has 0 amide bonds. The summed E-state index contributed by atoms with van der Waals surface area (Å²) >= 11 is 0. The predicted octanol–water partition coefficient (Wildman–Crippen LogP) is 5.49. The van der Waals surface area contributed by atoms with Crippen molar-refractivity contribution in [2.45, 2.75) is 85.7 Å². The fourth-order valence-corrected chi connectivity index (χ4v) is 8.84. The molecular formula is C36H42O7. The molecule has 0 radical (unpaired) electrons. The molecule has 0 saturated heterocycles. The van der Waals surface area contributed by atoms with Gasteiger partial charge in [-0.3, -0.25) is 24.0 Å². The molecule has 2 aromatic carbocycles. The molecule has 3 aliphatic carbocycles. The molecule has 7 nitrogen and oxygen atoms in total. The Hall–Kier alpha value is -3.45. The van der Waals surface area contributed by atoms with Crippen molar-refractivity contribution >= 4 is 28.9 Å². The molecule has 0 aromatic heterocycles. The topological polar surface area (TPSA) is 126 Å². The highest BCUT2D eigenvalue weighted by Gasteiger charge is 2.76. The molecule has 2 N–H and O–H groups in total. The predicted molar refractivity (Wildman–Crippen MR) is 162 cm³/mol. The molecule has 2 fully saturated rings. The van der Waals surface area contributed by atoms with Crippen molar-refractivity contribution in [3.63, 3.8) is 0 Å². The number of hydrogen-bond donors (Lipinski definition) is 2. The highest BCUT2D eigenvalue weighted by Crippen LogP contribution is 2.64. The molecule has 2 saturated carbocycles. The number of phenols is 1. The number of rotatable bonds is 7. The van der Waals surface area contributed by atoms with E-state index in [9.17, 15) is 34.2 Å². The lowest BCUT2D eigenvalue weighted by Gasteiger charge is -2.61. The van der Waals surface area contributed by atoms with Crippen LogP contribution >= 0.6 is 0 Å². The quantitative estimate of drug-likeness (QED) is 0.324. The summed E-state index contributed by atoms with van der Waals surface area (Å²) in [6.45, 7) is 10.2. The second-order valence-electron chi connectivity index (χ2n) is 14.0. The van der Waals surface area contributed by atoms with Crippen LogP contribution in [-0.2, 0) is 32.0 Å². The molecule has 0 bridgehead atoms. The second-order valence-corrected chi connectivity index (χ2v) is 14.0. The van der Waals surface area contributed by atoms with Gasteiger partial charge in [-0.05, 0) is 72.3 Å². The van der Waals surface area contributed by atoms with Crippen molar-refractivity contribution in [1.82, 2.24) is 0 Å². The first kappa shape index (κ1) is 31.0. The number of fused-ring (bicyclic) bond motifs is 3. The zero-order chi connectivity index (χ0) is 31.6. The average Bonchev–Trinajstić information content (AvgIpc) is 2.91. The smallest absolute Gasteiger partial charge is 0.190 e. The molecule has 2 aromatic rings. The molecular weight excluding hydrogens is 544 g/mol. The van der Waals surface area contributed by atoms with Gasteiger partial charge in [0.2, 0.25) is 0 Å². The second kappa shape index (κ2) is 10.6. The summed E-state index contributed by atoms with van der Waals surface area (Å²) in [5.74, 6) is -8.83. The van der Waals surface area contributed by atoms with Gasteiger partial charge in [0.25, 0.3) is 0 Å². The van der Waals surface area contributed by atoms with Gasteiger partial charge in [0.05, 0.1) is 11.5 Å². The van der Waals surface area contributed by atoms with Crippen LogP contribution < -0.4 is 0 Å². The Labute approximate surface area is 253 Å². The van der Waals surface area contributed by atoms with Gasteiger partial charge in [-0.15, -0.1) is 0 Å². The van der Waals surface area contributed by atoms with Crippen LogP contribution in [0.1, 0.15) is 88.7 Å². The Morgan fingerprint density at radius 1 is 0.977 bits per heavy atom. The van der Waals surface area contributed by atoms with Crippen LogP contribution in [0.4, 0.5) is 0 Å². The number of aromatic hydroxyl groups is 1. The molecule has 0 spiro atoms. The third-order valence-corrected chi connectivity index (χ3v) is 10.6. The number of aliphatic hydroxyl groups is 1. The molecule has 7 heteroatoms. The number of unbranched alkanes of at least 4 members (excludes halogenated alkanes) is 2. The van der Waals surface area contributed by atoms with Crippen LogP contribution in [-0.4, -0.2) is 44.7 Å². The monoisotopic (exact) mass is 586 g/mol. The van der Waals surface area contributed by atoms with Crippen molar-refractivity contribution in [1.29, 1.82) is 0 Å². The zero-order valence-electron chi connectivity index (χ0n) is 26.0. The van der Waals surface area contributed by atoms with E-state index in [0.29, 0.717) is 5.56 Å². The van der Waals surface area contributed by atoms with E-state index in [1.807, 2.05) is 12.1 Å². The average molecular weight is 587 g/mol. The van der Waals surface area contributed by atoms with Gasteiger partial charge in [0.15, 0.2) is 28.7 Å². The van der Waals surface area contributed by atoms with E-state index >= 15 is 0 Å². The van der Waals surface area contributed by atoms with Crippen LogP contribution in [0.15, 0.2) is 36.4 Å². The summed E-state index contributed by atoms with van der Waals surface area (Å²) in [7, 11) is 0. The van der Waals surface area contributed by atoms with Crippen molar-refractivity contribution in [2.75, 3.05) is 0 Å². The number of carbonyl (C=O) groups is 5. The summed E-state index contributed by atoms with van der Waals surface area (Å²) in [6, 6.07) is 11.4. The summed E-state index contributed by atoms with van der Waals surface area (Å²) in [4.78, 5) is 68.7. The molecule has 43 heavy (non-hydrogen) atoms. The molecule has 228 valence electrons. The first-order chi connectivity index (χ1) is 20.1. The number of carbonyl (C=O) groups excluding carboxylic acids is 5. The lowest BCUT2D eigenvalue weighted by atomic mass is 9.40. The van der Waals surface area contributed by atoms with Crippen molar-refractivity contribution in [2.24, 2.45) is 34.5 Å². The normalized spacial score (nSPS) is 32.0. The number of aryl methyl sites for hydroxylation is 1. The lowest BCUT2D eigenvalue weighted by molar-refractivity contribution is -0.205. The zero-order valence-corrected chi connectivity index (χ0v) is 26.0. The van der Waals surface area contributed by atoms with Gasteiger partial charge >= 0.3 is 0 Å². The molecule has 3 unspecified atom stereocenters. The SMILES string of the molecule is CCCCCc1ccc(-c2ccc(O)c3c2C[C@]2(C)C[C@]4(C)C(C(C)C)C(=O)C(C(C)=O)C(=O)[C@]4(O)C(=O)C2C3=O)cc1. The molecule has 3 aliphatic rings. The first-order valence-electron chi connectivity index (χ1n) is 15.5. The fourth-order valence-electron chi connectivity index (χ4n) is 8.84. The van der Waals surface area contributed by atoms with Crippen molar-refractivity contribution in [3.8, 4) is 16.9 Å². The Morgan fingerprint density at radius 2 is 1.63 bits per heavy atom. The van der Waals surface area contributed by atoms with E-state index in [0.717, 1.165) is 43.7 Å². The molecule has 0 heterocycles. The van der Waals surface area contributed by atoms with Gasteiger partial charge in [-0.25, -0.2) is 0 Å². The number of benzene rings is 2.